The number of carbonyl (C=O) groups is 1. The van der Waals surface area contributed by atoms with Crippen LogP contribution in [0.25, 0.3) is 0 Å². The van der Waals surface area contributed by atoms with Gasteiger partial charge >= 0.3 is 0 Å². The summed E-state index contributed by atoms with van der Waals surface area (Å²) in [6, 6.07) is 2.59. The van der Waals surface area contributed by atoms with Crippen LogP contribution in [0.4, 0.5) is 8.78 Å². The van der Waals surface area contributed by atoms with Crippen molar-refractivity contribution in [3.63, 3.8) is 0 Å². The molecule has 0 radical (unpaired) electrons. The van der Waals surface area contributed by atoms with Crippen LogP contribution in [0.15, 0.2) is 47.3 Å². The summed E-state index contributed by atoms with van der Waals surface area (Å²) in [4.78, 5) is 12.5. The van der Waals surface area contributed by atoms with Crippen LogP contribution < -0.4 is 0 Å². The highest BCUT2D eigenvalue weighted by atomic mass is 19.2. The molecule has 0 bridgehead atoms. The topological polar surface area (TPSA) is 41.9 Å². The Morgan fingerprint density at radius 3 is 2.52 bits per heavy atom. The molecule has 0 aliphatic carbocycles. The van der Waals surface area contributed by atoms with E-state index in [1.807, 2.05) is 6.92 Å². The second-order valence-corrected chi connectivity index (χ2v) is 4.65. The molecule has 1 aromatic carbocycles. The summed E-state index contributed by atoms with van der Waals surface area (Å²) in [5.41, 5.74) is 0.0211. The summed E-state index contributed by atoms with van der Waals surface area (Å²) >= 11 is 0. The van der Waals surface area contributed by atoms with Gasteiger partial charge < -0.3 is 4.74 Å². The average Bonchev–Trinajstić information content (AvgIpc) is 2.55. The van der Waals surface area contributed by atoms with Crippen molar-refractivity contribution in [2.75, 3.05) is 7.11 Å². The zero-order valence-electron chi connectivity index (χ0n) is 13.6. The molecule has 6 heteroatoms. The predicted octanol–water partition coefficient (Wildman–Crippen LogP) is 3.91. The Hall–Kier alpha value is -2.50. The molecule has 4 nitrogen and oxygen atoms in total. The molecular formula is C17H20F2N2O2. The van der Waals surface area contributed by atoms with Gasteiger partial charge in [-0.2, -0.15) is 5.10 Å². The van der Waals surface area contributed by atoms with Gasteiger partial charge in [0.2, 0.25) is 0 Å². The highest BCUT2D eigenvalue weighted by Gasteiger charge is 2.20. The molecule has 0 aromatic heterocycles. The number of methoxy groups -OCH3 is 1. The largest absolute Gasteiger partial charge is 0.497 e. The molecule has 0 saturated heterocycles. The van der Waals surface area contributed by atoms with Gasteiger partial charge in [-0.05, 0) is 51.1 Å². The fourth-order valence-electron chi connectivity index (χ4n) is 1.83. The SMILES string of the molecule is C/C=N/N(C(=O)c1ccc(F)c(F)c1)C(C)/C=C\C(=C/C)OC. The number of amides is 1. The van der Waals surface area contributed by atoms with E-state index in [-0.39, 0.29) is 5.56 Å². The number of hydrogen-bond acceptors (Lipinski definition) is 3. The molecule has 1 rings (SSSR count). The van der Waals surface area contributed by atoms with Gasteiger partial charge in [-0.15, -0.1) is 0 Å². The third-order valence-corrected chi connectivity index (χ3v) is 3.06. The Balaban J connectivity index is 3.05. The minimum absolute atomic E-state index is 0.0211. The molecule has 1 unspecified atom stereocenters. The van der Waals surface area contributed by atoms with Crippen LogP contribution in [-0.4, -0.2) is 30.3 Å². The zero-order valence-corrected chi connectivity index (χ0v) is 13.6. The lowest BCUT2D eigenvalue weighted by Gasteiger charge is -2.22. The number of hydrazone groups is 1. The first-order valence-electron chi connectivity index (χ1n) is 7.10. The van der Waals surface area contributed by atoms with E-state index in [2.05, 4.69) is 5.10 Å². The van der Waals surface area contributed by atoms with Crippen molar-refractivity contribution in [2.24, 2.45) is 5.10 Å². The van der Waals surface area contributed by atoms with Crippen LogP contribution in [-0.2, 0) is 4.74 Å². The van der Waals surface area contributed by atoms with Crippen molar-refractivity contribution >= 4 is 12.1 Å². The highest BCUT2D eigenvalue weighted by molar-refractivity contribution is 5.94. The lowest BCUT2D eigenvalue weighted by molar-refractivity contribution is 0.0730. The third-order valence-electron chi connectivity index (χ3n) is 3.06. The van der Waals surface area contributed by atoms with Gasteiger partial charge in [-0.1, -0.05) is 6.08 Å². The molecule has 1 atom stereocenters. The van der Waals surface area contributed by atoms with Crippen molar-refractivity contribution in [1.29, 1.82) is 0 Å². The Morgan fingerprint density at radius 1 is 1.30 bits per heavy atom. The summed E-state index contributed by atoms with van der Waals surface area (Å²) in [5, 5.41) is 5.20. The molecular weight excluding hydrogens is 302 g/mol. The summed E-state index contributed by atoms with van der Waals surface area (Å²) in [5.74, 6) is -1.97. The molecule has 23 heavy (non-hydrogen) atoms. The maximum atomic E-state index is 13.3. The van der Waals surface area contributed by atoms with E-state index in [0.29, 0.717) is 5.76 Å². The van der Waals surface area contributed by atoms with Crippen LogP contribution in [0.2, 0.25) is 0 Å². The molecule has 0 aliphatic heterocycles. The number of ether oxygens (including phenoxy) is 1. The molecule has 124 valence electrons. The van der Waals surface area contributed by atoms with Gasteiger partial charge in [0.15, 0.2) is 11.6 Å². The van der Waals surface area contributed by atoms with Crippen molar-refractivity contribution in [1.82, 2.24) is 5.01 Å². The van der Waals surface area contributed by atoms with E-state index >= 15 is 0 Å². The minimum Gasteiger partial charge on any atom is -0.497 e. The Labute approximate surface area is 134 Å². The number of nitrogens with zero attached hydrogens (tertiary/aromatic N) is 2. The van der Waals surface area contributed by atoms with Gasteiger partial charge in [0.25, 0.3) is 5.91 Å². The molecule has 0 N–H and O–H groups in total. The first kappa shape index (κ1) is 18.5. The minimum atomic E-state index is -1.07. The molecule has 1 aromatic rings. The van der Waals surface area contributed by atoms with Gasteiger partial charge in [0.05, 0.1) is 13.2 Å². The Morgan fingerprint density at radius 2 is 2.00 bits per heavy atom. The lowest BCUT2D eigenvalue weighted by Crippen LogP contribution is -2.33. The maximum Gasteiger partial charge on any atom is 0.274 e. The van der Waals surface area contributed by atoms with Gasteiger partial charge in [-0.3, -0.25) is 4.79 Å². The van der Waals surface area contributed by atoms with E-state index in [9.17, 15) is 13.6 Å². The number of halogens is 2. The lowest BCUT2D eigenvalue weighted by atomic mass is 10.1. The third kappa shape index (κ3) is 5.02. The second-order valence-electron chi connectivity index (χ2n) is 4.65. The molecule has 1 amide bonds. The summed E-state index contributed by atoms with van der Waals surface area (Å²) in [6.45, 7) is 5.24. The monoisotopic (exact) mass is 322 g/mol. The van der Waals surface area contributed by atoms with Crippen LogP contribution in [0, 0.1) is 11.6 Å². The average molecular weight is 322 g/mol. The number of rotatable bonds is 6. The normalized spacial score (nSPS) is 13.6. The van der Waals surface area contributed by atoms with Crippen molar-refractivity contribution < 1.29 is 18.3 Å². The van der Waals surface area contributed by atoms with Crippen LogP contribution in [0.1, 0.15) is 31.1 Å². The fourth-order valence-corrected chi connectivity index (χ4v) is 1.83. The number of carbonyl (C=O) groups excluding carboxylic acids is 1. The quantitative estimate of drug-likeness (QED) is 0.345. The van der Waals surface area contributed by atoms with E-state index < -0.39 is 23.6 Å². The van der Waals surface area contributed by atoms with Crippen LogP contribution >= 0.6 is 0 Å². The molecule has 0 fully saturated rings. The zero-order chi connectivity index (χ0) is 17.4. The van der Waals surface area contributed by atoms with Crippen LogP contribution in [0.3, 0.4) is 0 Å². The van der Waals surface area contributed by atoms with Gasteiger partial charge in [0, 0.05) is 11.8 Å². The van der Waals surface area contributed by atoms with Crippen molar-refractivity contribution in [3.8, 4) is 0 Å². The molecule has 0 aliphatic rings. The molecule has 0 heterocycles. The first-order valence-corrected chi connectivity index (χ1v) is 7.10. The standard InChI is InChI=1S/C17H20F2N2O2/c1-5-14(23-4)9-7-12(3)21(20-6-2)17(22)13-8-10-15(18)16(19)11-13/h5-12H,1-4H3/b9-7-,14-5+,20-6+. The Kier molecular flexibility index (Phi) is 7.12. The Bertz CT molecular complexity index is 639. The van der Waals surface area contributed by atoms with E-state index in [0.717, 1.165) is 12.1 Å². The number of benzene rings is 1. The van der Waals surface area contributed by atoms with Crippen molar-refractivity contribution in [2.45, 2.75) is 26.8 Å². The number of hydrogen-bond donors (Lipinski definition) is 0. The fraction of sp³-hybridized carbons (Fsp3) is 0.294. The van der Waals surface area contributed by atoms with Gasteiger partial charge in [0.1, 0.15) is 5.76 Å². The molecule has 0 saturated carbocycles. The van der Waals surface area contributed by atoms with Crippen LogP contribution in [0.5, 0.6) is 0 Å². The van der Waals surface area contributed by atoms with E-state index in [4.69, 9.17) is 4.74 Å². The van der Waals surface area contributed by atoms with Crippen molar-refractivity contribution in [3.05, 3.63) is 59.4 Å². The first-order chi connectivity index (χ1) is 10.9. The van der Waals surface area contributed by atoms with E-state index in [1.54, 1.807) is 39.2 Å². The summed E-state index contributed by atoms with van der Waals surface area (Å²) in [7, 11) is 1.54. The predicted molar refractivity (Wildman–Crippen MR) is 86.1 cm³/mol. The van der Waals surface area contributed by atoms with E-state index in [1.165, 1.54) is 17.3 Å². The highest BCUT2D eigenvalue weighted by Crippen LogP contribution is 2.14. The summed E-state index contributed by atoms with van der Waals surface area (Å²) < 4.78 is 31.4. The maximum absolute atomic E-state index is 13.3. The summed E-state index contributed by atoms with van der Waals surface area (Å²) in [6.07, 6.45) is 6.66. The van der Waals surface area contributed by atoms with Gasteiger partial charge in [-0.25, -0.2) is 13.8 Å². The molecule has 0 spiro atoms. The second kappa shape index (κ2) is 8.82. The number of allylic oxidation sites excluding steroid dienone is 2. The smallest absolute Gasteiger partial charge is 0.274 e.